The summed E-state index contributed by atoms with van der Waals surface area (Å²) in [6.45, 7) is 6.41. The largest absolute Gasteiger partial charge is 0.384 e. The van der Waals surface area contributed by atoms with Gasteiger partial charge in [0.05, 0.1) is 6.61 Å². The molecule has 2 rings (SSSR count). The molecule has 0 aromatic rings. The number of ether oxygens (including phenoxy) is 2. The Hall–Kier alpha value is -1.73. The fraction of sp³-hybridized carbons (Fsp3) is 0.667. The zero-order valence-corrected chi connectivity index (χ0v) is 13.3. The minimum absolute atomic E-state index is 0.0511. The van der Waals surface area contributed by atoms with Crippen LogP contribution in [0.5, 0.6) is 0 Å². The van der Waals surface area contributed by atoms with Crippen molar-refractivity contribution in [1.82, 2.24) is 10.2 Å². The van der Waals surface area contributed by atoms with Crippen molar-refractivity contribution in [3.8, 4) is 0 Å². The summed E-state index contributed by atoms with van der Waals surface area (Å²) in [6, 6.07) is 0. The summed E-state index contributed by atoms with van der Waals surface area (Å²) in [4.78, 5) is 35.8. The van der Waals surface area contributed by atoms with E-state index in [4.69, 9.17) is 9.47 Å². The number of hydrogen-bond acceptors (Lipinski definition) is 5. The Morgan fingerprint density at radius 3 is 2.55 bits per heavy atom. The van der Waals surface area contributed by atoms with Crippen LogP contribution in [-0.4, -0.2) is 54.7 Å². The molecule has 1 fully saturated rings. The number of nitrogens with one attached hydrogen (secondary N) is 1. The number of imide groups is 1. The van der Waals surface area contributed by atoms with Gasteiger partial charge in [0.15, 0.2) is 5.72 Å². The van der Waals surface area contributed by atoms with E-state index in [0.717, 1.165) is 4.90 Å². The van der Waals surface area contributed by atoms with Gasteiger partial charge in [0.25, 0.3) is 11.8 Å². The van der Waals surface area contributed by atoms with Crippen molar-refractivity contribution in [3.63, 3.8) is 0 Å². The summed E-state index contributed by atoms with van der Waals surface area (Å²) in [6.07, 6.45) is 2.32. The van der Waals surface area contributed by atoms with E-state index in [1.165, 1.54) is 12.2 Å². The van der Waals surface area contributed by atoms with Gasteiger partial charge >= 0.3 is 0 Å². The van der Waals surface area contributed by atoms with Gasteiger partial charge in [-0.1, -0.05) is 13.8 Å². The molecule has 2 aliphatic heterocycles. The van der Waals surface area contributed by atoms with Crippen LogP contribution in [0.2, 0.25) is 0 Å². The van der Waals surface area contributed by atoms with Crippen molar-refractivity contribution in [1.29, 1.82) is 0 Å². The maximum atomic E-state index is 12.0. The Morgan fingerprint density at radius 1 is 1.41 bits per heavy atom. The molecule has 0 spiro atoms. The molecule has 7 nitrogen and oxygen atoms in total. The number of nitrogens with zero attached hydrogens (tertiary/aromatic N) is 1. The summed E-state index contributed by atoms with van der Waals surface area (Å²) >= 11 is 0. The van der Waals surface area contributed by atoms with Gasteiger partial charge in [-0.25, -0.2) is 0 Å². The standard InChI is InChI=1S/C15H22N2O5/c1-14(2,9-21-4)13-15(3,22-13)16-10(18)7-8-17-11(19)5-6-12(17)20/h5-6,13H,7-9H2,1-4H3,(H,16,18). The summed E-state index contributed by atoms with van der Waals surface area (Å²) in [5.41, 5.74) is -0.946. The molecule has 3 amide bonds. The van der Waals surface area contributed by atoms with Crippen molar-refractivity contribution >= 4 is 17.7 Å². The zero-order valence-electron chi connectivity index (χ0n) is 13.3. The highest BCUT2D eigenvalue weighted by atomic mass is 16.6. The Kier molecular flexibility index (Phi) is 4.39. The fourth-order valence-corrected chi connectivity index (χ4v) is 2.86. The Balaban J connectivity index is 1.81. The molecule has 2 unspecified atom stereocenters. The van der Waals surface area contributed by atoms with Crippen LogP contribution in [0.15, 0.2) is 12.2 Å². The number of rotatable bonds is 7. The number of carbonyl (C=O) groups excluding carboxylic acids is 3. The summed E-state index contributed by atoms with van der Waals surface area (Å²) in [7, 11) is 1.62. The molecule has 2 aliphatic rings. The first-order chi connectivity index (χ1) is 10.2. The number of epoxide rings is 1. The lowest BCUT2D eigenvalue weighted by atomic mass is 9.87. The van der Waals surface area contributed by atoms with Gasteiger partial charge in [-0.05, 0) is 6.92 Å². The fourth-order valence-electron chi connectivity index (χ4n) is 2.86. The number of carbonyl (C=O) groups is 3. The molecule has 122 valence electrons. The lowest BCUT2D eigenvalue weighted by Crippen LogP contribution is -2.43. The Morgan fingerprint density at radius 2 is 2.00 bits per heavy atom. The van der Waals surface area contributed by atoms with Crippen LogP contribution >= 0.6 is 0 Å². The van der Waals surface area contributed by atoms with Gasteiger partial charge in [-0.3, -0.25) is 19.3 Å². The van der Waals surface area contributed by atoms with E-state index in [0.29, 0.717) is 6.61 Å². The molecule has 22 heavy (non-hydrogen) atoms. The molecule has 0 aromatic heterocycles. The first-order valence-corrected chi connectivity index (χ1v) is 7.21. The van der Waals surface area contributed by atoms with Crippen LogP contribution in [0.3, 0.4) is 0 Å². The summed E-state index contributed by atoms with van der Waals surface area (Å²) in [5.74, 6) is -1.03. The van der Waals surface area contributed by atoms with Gasteiger partial charge < -0.3 is 14.8 Å². The van der Waals surface area contributed by atoms with Gasteiger partial charge in [0, 0.05) is 37.6 Å². The maximum Gasteiger partial charge on any atom is 0.253 e. The van der Waals surface area contributed by atoms with E-state index >= 15 is 0 Å². The highest BCUT2D eigenvalue weighted by Crippen LogP contribution is 2.45. The van der Waals surface area contributed by atoms with Crippen LogP contribution < -0.4 is 5.32 Å². The van der Waals surface area contributed by atoms with E-state index in [1.807, 2.05) is 13.8 Å². The average molecular weight is 310 g/mol. The van der Waals surface area contributed by atoms with E-state index in [9.17, 15) is 14.4 Å². The predicted molar refractivity (Wildman–Crippen MR) is 77.6 cm³/mol. The SMILES string of the molecule is COCC(C)(C)C1OC1(C)NC(=O)CCN1C(=O)C=CC1=O. The molecule has 0 bridgehead atoms. The van der Waals surface area contributed by atoms with Crippen molar-refractivity contribution in [2.45, 2.75) is 39.0 Å². The minimum atomic E-state index is -0.726. The van der Waals surface area contributed by atoms with Gasteiger partial charge in [0.2, 0.25) is 5.91 Å². The quantitative estimate of drug-likeness (QED) is 0.536. The highest BCUT2D eigenvalue weighted by Gasteiger charge is 2.60. The minimum Gasteiger partial charge on any atom is -0.384 e. The van der Waals surface area contributed by atoms with Crippen LogP contribution in [0.1, 0.15) is 27.2 Å². The third-order valence-corrected chi connectivity index (χ3v) is 3.88. The number of methoxy groups -OCH3 is 1. The molecule has 0 saturated carbocycles. The van der Waals surface area contributed by atoms with Gasteiger partial charge in [-0.15, -0.1) is 0 Å². The van der Waals surface area contributed by atoms with Crippen molar-refractivity contribution < 1.29 is 23.9 Å². The third kappa shape index (κ3) is 3.36. The molecule has 1 saturated heterocycles. The molecular weight excluding hydrogens is 288 g/mol. The van der Waals surface area contributed by atoms with Gasteiger partial charge in [0.1, 0.15) is 6.10 Å². The Labute approximate surface area is 129 Å². The second-order valence-corrected chi connectivity index (χ2v) is 6.49. The van der Waals surface area contributed by atoms with Crippen LogP contribution in [0, 0.1) is 5.41 Å². The van der Waals surface area contributed by atoms with E-state index in [-0.39, 0.29) is 42.2 Å². The molecule has 7 heteroatoms. The summed E-state index contributed by atoms with van der Waals surface area (Å²) < 4.78 is 10.8. The highest BCUT2D eigenvalue weighted by molar-refractivity contribution is 6.13. The molecule has 0 radical (unpaired) electrons. The molecule has 2 heterocycles. The number of hydrogen-bond donors (Lipinski definition) is 1. The van der Waals surface area contributed by atoms with Crippen LogP contribution in [0.25, 0.3) is 0 Å². The topological polar surface area (TPSA) is 88.2 Å². The average Bonchev–Trinajstić information content (AvgIpc) is 2.98. The first kappa shape index (κ1) is 16.6. The van der Waals surface area contributed by atoms with Crippen molar-refractivity contribution in [3.05, 3.63) is 12.2 Å². The zero-order chi connectivity index (χ0) is 16.5. The van der Waals surface area contributed by atoms with Crippen molar-refractivity contribution in [2.24, 2.45) is 5.41 Å². The lowest BCUT2D eigenvalue weighted by molar-refractivity contribution is -0.137. The van der Waals surface area contributed by atoms with E-state index < -0.39 is 5.72 Å². The molecule has 0 aromatic carbocycles. The maximum absolute atomic E-state index is 12.0. The third-order valence-electron chi connectivity index (χ3n) is 3.88. The Bertz CT molecular complexity index is 510. The van der Waals surface area contributed by atoms with Crippen LogP contribution in [-0.2, 0) is 23.9 Å². The lowest BCUT2D eigenvalue weighted by Gasteiger charge is -2.23. The van der Waals surface area contributed by atoms with Crippen molar-refractivity contribution in [2.75, 3.05) is 20.3 Å². The summed E-state index contributed by atoms with van der Waals surface area (Å²) in [5, 5.41) is 2.81. The second kappa shape index (κ2) is 5.81. The number of amides is 3. The predicted octanol–water partition coefficient (Wildman–Crippen LogP) is 0.205. The molecule has 1 N–H and O–H groups in total. The first-order valence-electron chi connectivity index (χ1n) is 7.21. The molecular formula is C15H22N2O5. The second-order valence-electron chi connectivity index (χ2n) is 6.49. The van der Waals surface area contributed by atoms with E-state index in [1.54, 1.807) is 14.0 Å². The van der Waals surface area contributed by atoms with Gasteiger partial charge in [-0.2, -0.15) is 0 Å². The van der Waals surface area contributed by atoms with E-state index in [2.05, 4.69) is 5.32 Å². The van der Waals surface area contributed by atoms with Crippen LogP contribution in [0.4, 0.5) is 0 Å². The monoisotopic (exact) mass is 310 g/mol. The normalized spacial score (nSPS) is 27.5. The molecule has 2 atom stereocenters. The smallest absolute Gasteiger partial charge is 0.253 e. The molecule has 0 aliphatic carbocycles.